The van der Waals surface area contributed by atoms with Crippen molar-refractivity contribution in [3.8, 4) is 17.2 Å². The topological polar surface area (TPSA) is 99.1 Å². The summed E-state index contributed by atoms with van der Waals surface area (Å²) in [5.74, 6) is 3.12. The predicted octanol–water partition coefficient (Wildman–Crippen LogP) is 8.62. The molecule has 9 heteroatoms. The van der Waals surface area contributed by atoms with Gasteiger partial charge in [-0.3, -0.25) is 4.98 Å². The average molecular weight is 703 g/mol. The number of carbonyl (C=O) groups is 1. The first-order chi connectivity index (χ1) is 24.2. The van der Waals surface area contributed by atoms with Gasteiger partial charge >= 0.3 is 5.97 Å². The molecule has 1 aliphatic heterocycles. The van der Waals surface area contributed by atoms with Gasteiger partial charge in [0.25, 0.3) is 0 Å². The molecule has 0 radical (unpaired) electrons. The van der Waals surface area contributed by atoms with Gasteiger partial charge in [-0.25, -0.2) is 4.79 Å². The maximum Gasteiger partial charge on any atom is 0.329 e. The van der Waals surface area contributed by atoms with Crippen molar-refractivity contribution < 1.29 is 28.8 Å². The first-order valence-corrected chi connectivity index (χ1v) is 18.9. The second-order valence-corrected chi connectivity index (χ2v) is 15.9. The maximum absolute atomic E-state index is 13.0. The number of aliphatic carboxylic acids is 1. The molecule has 50 heavy (non-hydrogen) atoms. The van der Waals surface area contributed by atoms with Gasteiger partial charge in [0, 0.05) is 47.8 Å². The van der Waals surface area contributed by atoms with Gasteiger partial charge in [0.05, 0.1) is 19.8 Å². The number of benzene rings is 2. The number of anilines is 1. The fourth-order valence-corrected chi connectivity index (χ4v) is 9.44. The van der Waals surface area contributed by atoms with Gasteiger partial charge in [-0.05, 0) is 135 Å². The molecule has 4 aliphatic rings. The van der Waals surface area contributed by atoms with Gasteiger partial charge in [0.2, 0.25) is 0 Å². The number of pyridine rings is 1. The van der Waals surface area contributed by atoms with Gasteiger partial charge in [-0.15, -0.1) is 0 Å². The van der Waals surface area contributed by atoms with Gasteiger partial charge in [-0.2, -0.15) is 0 Å². The monoisotopic (exact) mass is 702 g/mol. The second-order valence-electron chi connectivity index (χ2n) is 15.4. The van der Waals surface area contributed by atoms with Gasteiger partial charge < -0.3 is 29.4 Å². The zero-order valence-electron chi connectivity index (χ0n) is 29.6. The number of rotatable bonds is 11. The van der Waals surface area contributed by atoms with Gasteiger partial charge in [-0.1, -0.05) is 31.5 Å². The van der Waals surface area contributed by atoms with E-state index in [0.717, 1.165) is 61.5 Å². The van der Waals surface area contributed by atoms with Crippen LogP contribution >= 0.6 is 11.6 Å². The van der Waals surface area contributed by atoms with Crippen LogP contribution in [0.15, 0.2) is 48.7 Å². The second kappa shape index (κ2) is 14.6. The molecule has 8 nitrogen and oxygen atoms in total. The van der Waals surface area contributed by atoms with E-state index in [1.807, 2.05) is 24.4 Å². The van der Waals surface area contributed by atoms with E-state index in [0.29, 0.717) is 62.0 Å². The lowest BCUT2D eigenvalue weighted by molar-refractivity contribution is -0.144. The van der Waals surface area contributed by atoms with E-state index in [1.165, 1.54) is 35.2 Å². The molecule has 0 bridgehead atoms. The molecule has 1 saturated carbocycles. The van der Waals surface area contributed by atoms with E-state index in [-0.39, 0.29) is 11.3 Å². The third-order valence-corrected chi connectivity index (χ3v) is 12.3. The largest absolute Gasteiger partial charge is 0.493 e. The Labute approximate surface area is 301 Å². The summed E-state index contributed by atoms with van der Waals surface area (Å²) in [5, 5.41) is 14.6. The van der Waals surface area contributed by atoms with E-state index in [9.17, 15) is 9.90 Å². The minimum absolute atomic E-state index is 0.178. The molecular formula is C41H51ClN2O6. The lowest BCUT2D eigenvalue weighted by atomic mass is 9.59. The minimum Gasteiger partial charge on any atom is -0.493 e. The van der Waals surface area contributed by atoms with E-state index >= 15 is 0 Å². The first-order valence-electron chi connectivity index (χ1n) is 18.5. The highest BCUT2D eigenvalue weighted by Gasteiger charge is 2.54. The Morgan fingerprint density at radius 2 is 1.90 bits per heavy atom. The molecule has 3 aromatic rings. The molecule has 1 fully saturated rings. The molecule has 2 heterocycles. The Morgan fingerprint density at radius 3 is 2.64 bits per heavy atom. The molecule has 1 unspecified atom stereocenters. The number of carboxylic acids is 1. The zero-order valence-corrected chi connectivity index (χ0v) is 30.4. The fourth-order valence-electron chi connectivity index (χ4n) is 9.25. The van der Waals surface area contributed by atoms with Crippen molar-refractivity contribution in [3.63, 3.8) is 0 Å². The van der Waals surface area contributed by atoms with Crippen LogP contribution in [0.3, 0.4) is 0 Å². The number of halogens is 1. The number of ether oxygens (including phenoxy) is 4. The number of hydrogen-bond donors (Lipinski definition) is 2. The molecule has 1 aromatic heterocycles. The van der Waals surface area contributed by atoms with E-state index in [2.05, 4.69) is 36.3 Å². The van der Waals surface area contributed by atoms with Gasteiger partial charge in [0.1, 0.15) is 11.3 Å². The Kier molecular flexibility index (Phi) is 10.2. The van der Waals surface area contributed by atoms with Crippen LogP contribution in [-0.2, 0) is 27.8 Å². The van der Waals surface area contributed by atoms with Crippen LogP contribution < -0.4 is 19.5 Å². The van der Waals surface area contributed by atoms with Crippen LogP contribution in [0.2, 0.25) is 5.02 Å². The molecule has 1 spiro atoms. The number of aryl methyl sites for hydroxylation is 1. The predicted molar refractivity (Wildman–Crippen MR) is 195 cm³/mol. The van der Waals surface area contributed by atoms with Crippen molar-refractivity contribution in [3.05, 3.63) is 76.1 Å². The summed E-state index contributed by atoms with van der Waals surface area (Å²) >= 11 is 6.29. The summed E-state index contributed by atoms with van der Waals surface area (Å²) in [6, 6.07) is 13.8. The van der Waals surface area contributed by atoms with Crippen molar-refractivity contribution in [2.45, 2.75) is 94.9 Å². The number of aromatic nitrogens is 1. The molecule has 7 rings (SSSR count). The SMILES string of the molecule is COCCC1COc2cc3c(cc2OC1)C1(CCC(Nc2cccc(Cl)c2)(C(=O)O)CC1)[C@@H](C[C@@H](C)COc1ccnc2c1[C@H](C)CCC2)C3. The van der Waals surface area contributed by atoms with Crippen molar-refractivity contribution in [1.29, 1.82) is 0 Å². The molecule has 2 N–H and O–H groups in total. The summed E-state index contributed by atoms with van der Waals surface area (Å²) in [5.41, 5.74) is 4.54. The Hall–Kier alpha value is -3.49. The zero-order chi connectivity index (χ0) is 34.9. The molecule has 2 aromatic carbocycles. The number of nitrogens with zero attached hydrogens (tertiary/aromatic N) is 1. The molecule has 268 valence electrons. The normalized spacial score (nSPS) is 27.6. The van der Waals surface area contributed by atoms with Crippen LogP contribution in [0.1, 0.15) is 93.5 Å². The molecular weight excluding hydrogens is 652 g/mol. The number of methoxy groups -OCH3 is 1. The molecule has 4 atom stereocenters. The number of hydrogen-bond acceptors (Lipinski definition) is 7. The highest BCUT2D eigenvalue weighted by atomic mass is 35.5. The molecule has 0 amide bonds. The number of fused-ring (bicyclic) bond motifs is 4. The standard InChI is InChI=1S/C41H51ClN2O6/c1-26(23-48-35-10-16-43-34-9-4-6-27(2)38(34)35)18-30-19-29-20-36-37(50-25-28(24-49-36)11-17-47-3)22-33(29)40(30)12-14-41(15-13-40,39(45)46)44-32-8-5-7-31(42)21-32/h5,7-8,10,16,20-22,26-28,30,44H,4,6,9,11-15,17-19,23-25H2,1-3H3,(H,45,46)/t26-,27-,28?,30+,40?,41?/m1/s1. The maximum atomic E-state index is 13.0. The third kappa shape index (κ3) is 6.90. The van der Waals surface area contributed by atoms with E-state index in [4.69, 9.17) is 30.5 Å². The lowest BCUT2D eigenvalue weighted by Crippen LogP contribution is -2.53. The van der Waals surface area contributed by atoms with Crippen LogP contribution in [0.25, 0.3) is 0 Å². The van der Waals surface area contributed by atoms with E-state index < -0.39 is 11.5 Å². The Morgan fingerprint density at radius 1 is 1.12 bits per heavy atom. The third-order valence-electron chi connectivity index (χ3n) is 12.0. The molecule has 3 aliphatic carbocycles. The smallest absolute Gasteiger partial charge is 0.329 e. The summed E-state index contributed by atoms with van der Waals surface area (Å²) in [6.45, 7) is 7.07. The Bertz CT molecular complexity index is 1690. The van der Waals surface area contributed by atoms with Gasteiger partial charge in [0.15, 0.2) is 11.5 Å². The van der Waals surface area contributed by atoms with Crippen molar-refractivity contribution in [2.75, 3.05) is 38.9 Å². The minimum atomic E-state index is -1.07. The van der Waals surface area contributed by atoms with Crippen LogP contribution in [-0.4, -0.2) is 55.1 Å². The average Bonchev–Trinajstić information content (AvgIpc) is 3.23. The number of carboxylic acid groups (broad SMARTS) is 1. The van der Waals surface area contributed by atoms with Crippen LogP contribution in [0.5, 0.6) is 17.2 Å². The van der Waals surface area contributed by atoms with Crippen molar-refractivity contribution >= 4 is 23.3 Å². The highest BCUT2D eigenvalue weighted by molar-refractivity contribution is 6.30. The van der Waals surface area contributed by atoms with Crippen LogP contribution in [0.4, 0.5) is 5.69 Å². The summed E-state index contributed by atoms with van der Waals surface area (Å²) < 4.78 is 24.7. The Balaban J connectivity index is 1.14. The summed E-state index contributed by atoms with van der Waals surface area (Å²) in [7, 11) is 1.72. The highest BCUT2D eigenvalue weighted by Crippen LogP contribution is 2.58. The quantitative estimate of drug-likeness (QED) is 0.205. The fraction of sp³-hybridized carbons (Fsp3) is 0.561. The number of nitrogens with one attached hydrogen (secondary N) is 1. The van der Waals surface area contributed by atoms with Crippen molar-refractivity contribution in [1.82, 2.24) is 4.98 Å². The summed E-state index contributed by atoms with van der Waals surface area (Å²) in [4.78, 5) is 17.7. The molecule has 0 saturated heterocycles. The summed E-state index contributed by atoms with van der Waals surface area (Å²) in [6.07, 6.45) is 10.6. The van der Waals surface area contributed by atoms with Crippen LogP contribution in [0, 0.1) is 17.8 Å². The first kappa shape index (κ1) is 34.9. The van der Waals surface area contributed by atoms with E-state index in [1.54, 1.807) is 19.2 Å². The lowest BCUT2D eigenvalue weighted by Gasteiger charge is -2.47. The van der Waals surface area contributed by atoms with Crippen molar-refractivity contribution in [2.24, 2.45) is 17.8 Å².